The average Bonchev–Trinajstić information content (AvgIpc) is 1.37. The van der Waals surface area contributed by atoms with Gasteiger partial charge in [-0.05, 0) is 0 Å². The fourth-order valence-corrected chi connectivity index (χ4v) is 0. The third-order valence-electron chi connectivity index (χ3n) is 0.354. The molecular formula is C5H12ClLiMg. The van der Waals surface area contributed by atoms with Crippen LogP contribution in [0.2, 0.25) is 0 Å². The van der Waals surface area contributed by atoms with Gasteiger partial charge in [0.25, 0.3) is 0 Å². The van der Waals surface area contributed by atoms with Gasteiger partial charge in [-0.15, -0.1) is 0 Å². The van der Waals surface area contributed by atoms with E-state index < -0.39 is 0 Å². The molecular weight excluding hydrogens is 127 g/mol. The molecule has 0 bridgehead atoms. The minimum Gasteiger partial charge on any atom is -1.00 e. The van der Waals surface area contributed by atoms with Gasteiger partial charge in [-0.2, -0.15) is 6.42 Å². The first kappa shape index (κ1) is 33.4. The van der Waals surface area contributed by atoms with Crippen molar-refractivity contribution in [2.75, 3.05) is 0 Å². The maximum Gasteiger partial charge on any atom is 2.00 e. The summed E-state index contributed by atoms with van der Waals surface area (Å²) < 4.78 is 0. The summed E-state index contributed by atoms with van der Waals surface area (Å²) in [6.45, 7) is 5.72. The van der Waals surface area contributed by atoms with E-state index in [1.807, 2.05) is 0 Å². The summed E-state index contributed by atoms with van der Waals surface area (Å²) in [6, 6.07) is 0. The molecule has 0 aromatic rings. The van der Waals surface area contributed by atoms with Crippen LogP contribution in [0.5, 0.6) is 0 Å². The van der Waals surface area contributed by atoms with E-state index in [1.54, 1.807) is 0 Å². The normalized spacial score (nSPS) is 3.75. The molecule has 0 N–H and O–H groups in total. The van der Waals surface area contributed by atoms with Crippen molar-refractivity contribution in [3.63, 3.8) is 0 Å². The fraction of sp³-hybridized carbons (Fsp3) is 0.600. The quantitative estimate of drug-likeness (QED) is 0.254. The van der Waals surface area contributed by atoms with Crippen LogP contribution in [0.15, 0.2) is 0 Å². The van der Waals surface area contributed by atoms with Crippen molar-refractivity contribution < 1.29 is 31.3 Å². The van der Waals surface area contributed by atoms with Crippen molar-refractivity contribution >= 4 is 23.1 Å². The Morgan fingerprint density at radius 1 is 1.38 bits per heavy atom. The molecule has 0 aromatic heterocycles. The minimum absolute atomic E-state index is 0. The Kier molecular flexibility index (Phi) is 158. The van der Waals surface area contributed by atoms with Gasteiger partial charge in [0.1, 0.15) is 0 Å². The van der Waals surface area contributed by atoms with Crippen LogP contribution in [0.25, 0.3) is 0 Å². The smallest absolute Gasteiger partial charge is 1.00 e. The molecule has 0 rings (SSSR count). The Balaban J connectivity index is -0.00000000750. The number of halogens is 1. The number of unbranched alkanes of at least 4 members (excludes halogenated alkanes) is 1. The van der Waals surface area contributed by atoms with E-state index in [0.29, 0.717) is 0 Å². The Morgan fingerprint density at radius 3 is 1.50 bits per heavy atom. The second-order valence-electron chi connectivity index (χ2n) is 0.854. The van der Waals surface area contributed by atoms with E-state index in [9.17, 15) is 0 Å². The zero-order chi connectivity index (χ0) is 3.41. The molecule has 3 heteroatoms. The zero-order valence-corrected chi connectivity index (χ0v) is 8.38. The maximum absolute atomic E-state index is 3.60. The van der Waals surface area contributed by atoms with Crippen molar-refractivity contribution in [1.82, 2.24) is 0 Å². The molecule has 0 aliphatic heterocycles. The standard InChI is InChI=1S/C4H9.CH3.ClH.Li.Mg/c1-3-4-2;;;;/h1,3-4H2,2H3;1H3;1H;;/q2*-1;;+1;+2/p-1. The molecule has 0 heterocycles. The molecule has 0 aliphatic carbocycles. The monoisotopic (exact) mass is 138 g/mol. The topological polar surface area (TPSA) is 0 Å². The summed E-state index contributed by atoms with van der Waals surface area (Å²) in [5.74, 6) is 0. The summed E-state index contributed by atoms with van der Waals surface area (Å²) in [6.07, 6.45) is 2.28. The van der Waals surface area contributed by atoms with Gasteiger partial charge in [-0.1, -0.05) is 13.3 Å². The first-order chi connectivity index (χ1) is 1.91. The molecule has 0 spiro atoms. The van der Waals surface area contributed by atoms with Crippen LogP contribution >= 0.6 is 0 Å². The zero-order valence-electron chi connectivity index (χ0n) is 6.21. The van der Waals surface area contributed by atoms with E-state index in [2.05, 4.69) is 13.8 Å². The van der Waals surface area contributed by atoms with Gasteiger partial charge in [0.05, 0.1) is 0 Å². The van der Waals surface area contributed by atoms with Gasteiger partial charge in [0.2, 0.25) is 0 Å². The maximum atomic E-state index is 3.60. The molecule has 0 amide bonds. The first-order valence-electron chi connectivity index (χ1n) is 1.71. The SMILES string of the molecule is [CH2-]CCC.[CH3-].[Cl-].[Li+].[Mg+2]. The largest absolute Gasteiger partial charge is 2.00 e. The van der Waals surface area contributed by atoms with Crippen molar-refractivity contribution in [2.24, 2.45) is 0 Å². The number of hydrogen-bond donors (Lipinski definition) is 0. The molecule has 0 unspecified atom stereocenters. The van der Waals surface area contributed by atoms with Crippen LogP contribution < -0.4 is 31.3 Å². The molecule has 0 saturated carbocycles. The molecule has 42 valence electrons. The number of rotatable bonds is 1. The Bertz CT molecular complexity index is 14.4. The van der Waals surface area contributed by atoms with E-state index >= 15 is 0 Å². The molecule has 8 heavy (non-hydrogen) atoms. The molecule has 0 aliphatic rings. The van der Waals surface area contributed by atoms with Crippen molar-refractivity contribution in [3.8, 4) is 0 Å². The van der Waals surface area contributed by atoms with Gasteiger partial charge in [0.15, 0.2) is 0 Å². The Hall–Kier alpha value is 1.65. The molecule has 0 aromatic carbocycles. The summed E-state index contributed by atoms with van der Waals surface area (Å²) in [7, 11) is 0. The molecule has 0 fully saturated rings. The summed E-state index contributed by atoms with van der Waals surface area (Å²) in [5.41, 5.74) is 0. The van der Waals surface area contributed by atoms with Crippen LogP contribution in [0.1, 0.15) is 19.8 Å². The molecule has 0 saturated heterocycles. The van der Waals surface area contributed by atoms with Crippen molar-refractivity contribution in [2.45, 2.75) is 19.8 Å². The second-order valence-corrected chi connectivity index (χ2v) is 0.854. The van der Waals surface area contributed by atoms with Gasteiger partial charge in [0, 0.05) is 0 Å². The van der Waals surface area contributed by atoms with Gasteiger partial charge in [-0.25, -0.2) is 0 Å². The predicted octanol–water partition coefficient (Wildman–Crippen LogP) is -4.30. The van der Waals surface area contributed by atoms with E-state index in [-0.39, 0.29) is 61.7 Å². The molecule has 0 radical (unpaired) electrons. The minimum atomic E-state index is 0. The van der Waals surface area contributed by atoms with E-state index in [4.69, 9.17) is 0 Å². The second kappa shape index (κ2) is 38.0. The predicted molar refractivity (Wildman–Crippen MR) is 32.4 cm³/mol. The van der Waals surface area contributed by atoms with Crippen LogP contribution in [0.3, 0.4) is 0 Å². The summed E-state index contributed by atoms with van der Waals surface area (Å²) in [4.78, 5) is 0. The van der Waals surface area contributed by atoms with Crippen molar-refractivity contribution in [1.29, 1.82) is 0 Å². The molecule has 0 nitrogen and oxygen atoms in total. The van der Waals surface area contributed by atoms with Crippen LogP contribution in [-0.4, -0.2) is 23.1 Å². The van der Waals surface area contributed by atoms with Gasteiger partial charge >= 0.3 is 41.9 Å². The third-order valence-corrected chi connectivity index (χ3v) is 0.354. The van der Waals surface area contributed by atoms with E-state index in [0.717, 1.165) is 6.42 Å². The summed E-state index contributed by atoms with van der Waals surface area (Å²) in [5, 5.41) is 0. The van der Waals surface area contributed by atoms with Gasteiger partial charge in [-0.3, -0.25) is 0 Å². The Morgan fingerprint density at radius 2 is 1.50 bits per heavy atom. The number of hydrogen-bond acceptors (Lipinski definition) is 0. The molecule has 0 atom stereocenters. The third kappa shape index (κ3) is 48.1. The Labute approximate surface area is 87.9 Å². The van der Waals surface area contributed by atoms with E-state index in [1.165, 1.54) is 6.42 Å². The fourth-order valence-electron chi connectivity index (χ4n) is 0. The van der Waals surface area contributed by atoms with Gasteiger partial charge < -0.3 is 26.8 Å². The average molecular weight is 139 g/mol. The van der Waals surface area contributed by atoms with Crippen LogP contribution in [-0.2, 0) is 0 Å². The van der Waals surface area contributed by atoms with Crippen molar-refractivity contribution in [3.05, 3.63) is 14.4 Å². The van der Waals surface area contributed by atoms with Crippen LogP contribution in [0, 0.1) is 14.4 Å². The summed E-state index contributed by atoms with van der Waals surface area (Å²) >= 11 is 0. The van der Waals surface area contributed by atoms with Crippen LogP contribution in [0.4, 0.5) is 0 Å². The first-order valence-corrected chi connectivity index (χ1v) is 1.71.